The summed E-state index contributed by atoms with van der Waals surface area (Å²) in [6.45, 7) is 1.91. The van der Waals surface area contributed by atoms with Crippen LogP contribution < -0.4 is 10.1 Å². The Balaban J connectivity index is 1.98. The first-order valence-corrected chi connectivity index (χ1v) is 6.62. The quantitative estimate of drug-likeness (QED) is 0.875. The molecule has 1 aliphatic heterocycles. The first kappa shape index (κ1) is 14.0. The maximum atomic E-state index is 14.2. The first-order chi connectivity index (χ1) is 10.1. The molecule has 2 atom stereocenters. The molecule has 8 heteroatoms. The molecule has 0 radical (unpaired) electrons. The molecule has 110 valence electrons. The zero-order chi connectivity index (χ0) is 15.0. The van der Waals surface area contributed by atoms with E-state index >= 15 is 0 Å². The molecule has 1 aromatic heterocycles. The van der Waals surface area contributed by atoms with Crippen LogP contribution in [0.3, 0.4) is 0 Å². The number of nitrogens with one attached hydrogen (secondary N) is 1. The highest BCUT2D eigenvalue weighted by molar-refractivity contribution is 6.28. The Morgan fingerprint density at radius 2 is 2.10 bits per heavy atom. The molecule has 3 rings (SSSR count). The van der Waals surface area contributed by atoms with E-state index in [4.69, 9.17) is 21.1 Å². The lowest BCUT2D eigenvalue weighted by Gasteiger charge is -2.08. The Morgan fingerprint density at radius 3 is 2.76 bits per heavy atom. The summed E-state index contributed by atoms with van der Waals surface area (Å²) in [5.41, 5.74) is 0.187. The van der Waals surface area contributed by atoms with Crippen LogP contribution in [0.4, 0.5) is 10.3 Å². The van der Waals surface area contributed by atoms with Crippen molar-refractivity contribution < 1.29 is 13.9 Å². The minimum Gasteiger partial charge on any atom is -0.494 e. The van der Waals surface area contributed by atoms with Crippen LogP contribution in [0.15, 0.2) is 18.2 Å². The highest BCUT2D eigenvalue weighted by Crippen LogP contribution is 2.28. The topological polar surface area (TPSA) is 72.5 Å². The molecule has 0 spiro atoms. The molecule has 1 N–H and O–H groups in total. The van der Waals surface area contributed by atoms with Crippen molar-refractivity contribution in [2.45, 2.75) is 19.3 Å². The van der Waals surface area contributed by atoms with Crippen molar-refractivity contribution in [3.05, 3.63) is 29.3 Å². The molecule has 1 aliphatic rings. The van der Waals surface area contributed by atoms with Gasteiger partial charge in [-0.2, -0.15) is 15.0 Å². The monoisotopic (exact) mass is 310 g/mol. The zero-order valence-corrected chi connectivity index (χ0v) is 12.1. The SMILES string of the molecule is COc1cccc(-c2nc(Cl)nc(NC3OC3C)n2)c1F. The highest BCUT2D eigenvalue weighted by atomic mass is 35.5. The summed E-state index contributed by atoms with van der Waals surface area (Å²) >= 11 is 5.87. The van der Waals surface area contributed by atoms with Crippen LogP contribution in [-0.2, 0) is 4.74 Å². The number of epoxide rings is 1. The number of aromatic nitrogens is 3. The fourth-order valence-corrected chi connectivity index (χ4v) is 2.00. The predicted molar refractivity (Wildman–Crippen MR) is 74.7 cm³/mol. The van der Waals surface area contributed by atoms with Gasteiger partial charge in [-0.05, 0) is 30.7 Å². The number of hydrogen-bond donors (Lipinski definition) is 1. The molecule has 2 aromatic rings. The van der Waals surface area contributed by atoms with E-state index in [2.05, 4.69) is 20.3 Å². The van der Waals surface area contributed by atoms with E-state index in [1.54, 1.807) is 12.1 Å². The fraction of sp³-hybridized carbons (Fsp3) is 0.308. The largest absolute Gasteiger partial charge is 0.494 e. The first-order valence-electron chi connectivity index (χ1n) is 6.25. The normalized spacial score (nSPS) is 20.2. The number of methoxy groups -OCH3 is 1. The summed E-state index contributed by atoms with van der Waals surface area (Å²) in [4.78, 5) is 12.1. The fourth-order valence-electron chi connectivity index (χ4n) is 1.84. The van der Waals surface area contributed by atoms with E-state index in [-0.39, 0.29) is 40.7 Å². The number of halogens is 2. The van der Waals surface area contributed by atoms with Crippen molar-refractivity contribution in [1.82, 2.24) is 15.0 Å². The summed E-state index contributed by atoms with van der Waals surface area (Å²) in [5.74, 6) is -0.0780. The van der Waals surface area contributed by atoms with Crippen LogP contribution in [0.25, 0.3) is 11.4 Å². The van der Waals surface area contributed by atoms with Gasteiger partial charge in [0.05, 0.1) is 12.7 Å². The predicted octanol–water partition coefficient (Wildman–Crippen LogP) is 2.50. The second-order valence-electron chi connectivity index (χ2n) is 4.48. The molecule has 1 saturated heterocycles. The average molecular weight is 311 g/mol. The van der Waals surface area contributed by atoms with Gasteiger partial charge in [-0.3, -0.25) is 0 Å². The van der Waals surface area contributed by atoms with Gasteiger partial charge in [-0.15, -0.1) is 0 Å². The van der Waals surface area contributed by atoms with Crippen molar-refractivity contribution >= 4 is 17.5 Å². The number of benzene rings is 1. The molecule has 21 heavy (non-hydrogen) atoms. The maximum absolute atomic E-state index is 14.2. The summed E-state index contributed by atoms with van der Waals surface area (Å²) < 4.78 is 24.4. The van der Waals surface area contributed by atoms with E-state index in [1.165, 1.54) is 13.2 Å². The van der Waals surface area contributed by atoms with Crippen LogP contribution in [0, 0.1) is 5.82 Å². The maximum Gasteiger partial charge on any atom is 0.229 e. The van der Waals surface area contributed by atoms with E-state index < -0.39 is 5.82 Å². The van der Waals surface area contributed by atoms with E-state index in [0.29, 0.717) is 0 Å². The Labute approximate surface area is 125 Å². The average Bonchev–Trinajstić information content (AvgIpc) is 3.13. The summed E-state index contributed by atoms with van der Waals surface area (Å²) in [7, 11) is 1.39. The summed E-state index contributed by atoms with van der Waals surface area (Å²) in [6, 6.07) is 4.71. The lowest BCUT2D eigenvalue weighted by atomic mass is 10.2. The van der Waals surface area contributed by atoms with Crippen molar-refractivity contribution in [3.63, 3.8) is 0 Å². The lowest BCUT2D eigenvalue weighted by Crippen LogP contribution is -2.10. The van der Waals surface area contributed by atoms with Crippen molar-refractivity contribution in [1.29, 1.82) is 0 Å². The second-order valence-corrected chi connectivity index (χ2v) is 4.82. The Morgan fingerprint density at radius 1 is 1.33 bits per heavy atom. The molecule has 1 fully saturated rings. The van der Waals surface area contributed by atoms with Crippen LogP contribution in [-0.4, -0.2) is 34.4 Å². The lowest BCUT2D eigenvalue weighted by molar-refractivity contribution is 0.387. The third-order valence-electron chi connectivity index (χ3n) is 3.01. The molecule has 0 saturated carbocycles. The molecule has 0 amide bonds. The van der Waals surface area contributed by atoms with Crippen LogP contribution in [0.2, 0.25) is 5.28 Å². The van der Waals surface area contributed by atoms with Gasteiger partial charge >= 0.3 is 0 Å². The molecule has 6 nitrogen and oxygen atoms in total. The van der Waals surface area contributed by atoms with Crippen molar-refractivity contribution in [3.8, 4) is 17.1 Å². The van der Waals surface area contributed by atoms with Gasteiger partial charge in [0, 0.05) is 0 Å². The number of anilines is 1. The van der Waals surface area contributed by atoms with Gasteiger partial charge in [0.2, 0.25) is 11.2 Å². The van der Waals surface area contributed by atoms with Gasteiger partial charge in [-0.1, -0.05) is 6.07 Å². The molecule has 0 aliphatic carbocycles. The van der Waals surface area contributed by atoms with Gasteiger partial charge in [0.25, 0.3) is 0 Å². The number of nitrogens with zero attached hydrogens (tertiary/aromatic N) is 3. The highest BCUT2D eigenvalue weighted by Gasteiger charge is 2.35. The van der Waals surface area contributed by atoms with Gasteiger partial charge in [-0.25, -0.2) is 4.39 Å². The summed E-state index contributed by atoms with van der Waals surface area (Å²) in [5, 5.41) is 2.91. The summed E-state index contributed by atoms with van der Waals surface area (Å²) in [6.07, 6.45) is -0.0796. The molecule has 0 bridgehead atoms. The van der Waals surface area contributed by atoms with Crippen LogP contribution >= 0.6 is 11.6 Å². The van der Waals surface area contributed by atoms with E-state index in [0.717, 1.165) is 0 Å². The number of ether oxygens (including phenoxy) is 2. The van der Waals surface area contributed by atoms with Gasteiger partial charge in [0.15, 0.2) is 23.6 Å². The third kappa shape index (κ3) is 2.88. The minimum absolute atomic E-state index is 0.0296. The molecular weight excluding hydrogens is 299 g/mol. The van der Waals surface area contributed by atoms with Gasteiger partial charge in [0.1, 0.15) is 6.10 Å². The molecule has 2 unspecified atom stereocenters. The molecule has 1 aromatic carbocycles. The number of rotatable bonds is 4. The Kier molecular flexibility index (Phi) is 3.60. The molecular formula is C13H12ClFN4O2. The van der Waals surface area contributed by atoms with Gasteiger partial charge < -0.3 is 14.8 Å². The Hall–Kier alpha value is -1.99. The number of hydrogen-bond acceptors (Lipinski definition) is 6. The zero-order valence-electron chi connectivity index (χ0n) is 11.3. The minimum atomic E-state index is -0.552. The van der Waals surface area contributed by atoms with E-state index in [9.17, 15) is 4.39 Å². The van der Waals surface area contributed by atoms with Crippen molar-refractivity contribution in [2.24, 2.45) is 0 Å². The molecule has 2 heterocycles. The van der Waals surface area contributed by atoms with Crippen molar-refractivity contribution in [2.75, 3.05) is 12.4 Å². The third-order valence-corrected chi connectivity index (χ3v) is 3.18. The Bertz CT molecular complexity index is 685. The smallest absolute Gasteiger partial charge is 0.229 e. The second kappa shape index (κ2) is 5.42. The van der Waals surface area contributed by atoms with Crippen LogP contribution in [0.5, 0.6) is 5.75 Å². The standard InChI is InChI=1S/C13H12ClFN4O2/c1-6-11(21-6)18-13-17-10(16-12(14)19-13)7-4-3-5-8(20-2)9(7)15/h3-6,11H,1-2H3,(H,16,17,18,19). The van der Waals surface area contributed by atoms with E-state index in [1.807, 2.05) is 6.92 Å². The van der Waals surface area contributed by atoms with Crippen LogP contribution in [0.1, 0.15) is 6.92 Å².